The number of benzene rings is 1. The maximum atomic E-state index is 11.5. The molecule has 4 nitrogen and oxygen atoms in total. The Morgan fingerprint density at radius 1 is 1.40 bits per heavy atom. The van der Waals surface area contributed by atoms with Crippen LogP contribution in [0.25, 0.3) is 0 Å². The first-order valence-electron chi connectivity index (χ1n) is 7.12. The van der Waals surface area contributed by atoms with Crippen LogP contribution in [0.1, 0.15) is 30.9 Å². The van der Waals surface area contributed by atoms with Crippen LogP contribution in [0.15, 0.2) is 12.1 Å². The molecule has 110 valence electrons. The molecule has 1 aliphatic heterocycles. The van der Waals surface area contributed by atoms with Gasteiger partial charge < -0.3 is 15.4 Å². The Bertz CT molecular complexity index is 477. The highest BCUT2D eigenvalue weighted by molar-refractivity contribution is 6.30. The van der Waals surface area contributed by atoms with Crippen LogP contribution in [0.3, 0.4) is 0 Å². The van der Waals surface area contributed by atoms with E-state index in [0.29, 0.717) is 19.5 Å². The number of rotatable bonds is 7. The zero-order chi connectivity index (χ0) is 14.4. The van der Waals surface area contributed by atoms with Gasteiger partial charge in [-0.2, -0.15) is 0 Å². The summed E-state index contributed by atoms with van der Waals surface area (Å²) in [5.41, 5.74) is 2.24. The lowest BCUT2D eigenvalue weighted by Crippen LogP contribution is -2.28. The second-order valence-electron chi connectivity index (χ2n) is 4.93. The summed E-state index contributed by atoms with van der Waals surface area (Å²) >= 11 is 6.10. The Morgan fingerprint density at radius 3 is 3.05 bits per heavy atom. The van der Waals surface area contributed by atoms with Gasteiger partial charge in [0.25, 0.3) is 0 Å². The lowest BCUT2D eigenvalue weighted by Gasteiger charge is -2.10. The van der Waals surface area contributed by atoms with Crippen molar-refractivity contribution in [3.8, 4) is 5.75 Å². The van der Waals surface area contributed by atoms with E-state index in [1.54, 1.807) is 0 Å². The van der Waals surface area contributed by atoms with E-state index in [1.807, 2.05) is 19.1 Å². The molecule has 0 saturated carbocycles. The van der Waals surface area contributed by atoms with Crippen molar-refractivity contribution in [3.63, 3.8) is 0 Å². The Labute approximate surface area is 124 Å². The first kappa shape index (κ1) is 15.1. The number of ether oxygens (including phenoxy) is 1. The Kier molecular flexibility index (Phi) is 5.68. The van der Waals surface area contributed by atoms with Crippen LogP contribution in [0.5, 0.6) is 5.75 Å². The van der Waals surface area contributed by atoms with E-state index < -0.39 is 0 Å². The van der Waals surface area contributed by atoms with Gasteiger partial charge in [0.05, 0.1) is 6.61 Å². The average molecular weight is 297 g/mol. The van der Waals surface area contributed by atoms with E-state index >= 15 is 0 Å². The van der Waals surface area contributed by atoms with Gasteiger partial charge in [-0.1, -0.05) is 18.5 Å². The van der Waals surface area contributed by atoms with Gasteiger partial charge in [-0.05, 0) is 24.1 Å². The van der Waals surface area contributed by atoms with E-state index in [0.717, 1.165) is 42.3 Å². The Balaban J connectivity index is 1.79. The fourth-order valence-corrected chi connectivity index (χ4v) is 2.52. The molecule has 0 atom stereocenters. The molecule has 0 unspecified atom stereocenters. The quantitative estimate of drug-likeness (QED) is 0.759. The number of carbonyl (C=O) groups is 1. The summed E-state index contributed by atoms with van der Waals surface area (Å²) in [7, 11) is 0. The highest BCUT2D eigenvalue weighted by Gasteiger charge is 2.17. The number of amides is 1. The molecule has 0 aromatic heterocycles. The van der Waals surface area contributed by atoms with Crippen molar-refractivity contribution in [2.24, 2.45) is 0 Å². The summed E-state index contributed by atoms with van der Waals surface area (Å²) in [6.07, 6.45) is 2.37. The predicted molar refractivity (Wildman–Crippen MR) is 80.3 cm³/mol. The Morgan fingerprint density at radius 2 is 2.25 bits per heavy atom. The van der Waals surface area contributed by atoms with Crippen molar-refractivity contribution in [2.45, 2.75) is 32.7 Å². The summed E-state index contributed by atoms with van der Waals surface area (Å²) < 4.78 is 5.64. The maximum Gasteiger partial charge on any atom is 0.221 e. The molecule has 0 spiro atoms. The minimum atomic E-state index is 0.0897. The van der Waals surface area contributed by atoms with Gasteiger partial charge in [-0.3, -0.25) is 4.79 Å². The number of nitrogens with one attached hydrogen (secondary N) is 2. The third-order valence-electron chi connectivity index (χ3n) is 3.24. The minimum absolute atomic E-state index is 0.0897. The normalized spacial score (nSPS) is 12.9. The van der Waals surface area contributed by atoms with Gasteiger partial charge in [0.2, 0.25) is 5.91 Å². The molecular weight excluding hydrogens is 276 g/mol. The van der Waals surface area contributed by atoms with Gasteiger partial charge in [0.1, 0.15) is 5.75 Å². The van der Waals surface area contributed by atoms with Gasteiger partial charge in [-0.25, -0.2) is 0 Å². The van der Waals surface area contributed by atoms with Crippen LogP contribution in [-0.2, 0) is 17.8 Å². The van der Waals surface area contributed by atoms with Gasteiger partial charge in [0.15, 0.2) is 0 Å². The lowest BCUT2D eigenvalue weighted by atomic mass is 10.1. The molecule has 0 aliphatic carbocycles. The number of hydrogen-bond donors (Lipinski definition) is 2. The second-order valence-corrected chi connectivity index (χ2v) is 5.36. The van der Waals surface area contributed by atoms with E-state index in [9.17, 15) is 4.79 Å². The van der Waals surface area contributed by atoms with Crippen molar-refractivity contribution < 1.29 is 9.53 Å². The van der Waals surface area contributed by atoms with Crippen LogP contribution in [0, 0.1) is 0 Å². The predicted octanol–water partition coefficient (Wildman–Crippen LogP) is 2.28. The average Bonchev–Trinajstić information content (AvgIpc) is 2.89. The lowest BCUT2D eigenvalue weighted by molar-refractivity contribution is -0.120. The standard InChI is InChI=1S/C15H21ClN2O2/c1-2-5-18-14(19)3-6-17-10-12-9-13(16)8-11-4-7-20-15(11)12/h8-9,17H,2-7,10H2,1H3,(H,18,19). The largest absolute Gasteiger partial charge is 0.493 e. The number of hydrogen-bond acceptors (Lipinski definition) is 3. The number of carbonyl (C=O) groups excluding carboxylic acids is 1. The minimum Gasteiger partial charge on any atom is -0.493 e. The first-order chi connectivity index (χ1) is 9.70. The fraction of sp³-hybridized carbons (Fsp3) is 0.533. The highest BCUT2D eigenvalue weighted by Crippen LogP contribution is 2.32. The molecule has 0 saturated heterocycles. The van der Waals surface area contributed by atoms with E-state index in [4.69, 9.17) is 16.3 Å². The summed E-state index contributed by atoms with van der Waals surface area (Å²) in [5.74, 6) is 1.05. The molecule has 1 heterocycles. The van der Waals surface area contributed by atoms with Crippen LogP contribution in [0.4, 0.5) is 0 Å². The van der Waals surface area contributed by atoms with E-state index in [2.05, 4.69) is 10.6 Å². The summed E-state index contributed by atoms with van der Waals surface area (Å²) in [6, 6.07) is 3.89. The van der Waals surface area contributed by atoms with Crippen molar-refractivity contribution in [3.05, 3.63) is 28.3 Å². The van der Waals surface area contributed by atoms with Crippen LogP contribution in [-0.4, -0.2) is 25.6 Å². The molecular formula is C15H21ClN2O2. The zero-order valence-electron chi connectivity index (χ0n) is 11.8. The second kappa shape index (κ2) is 7.50. The van der Waals surface area contributed by atoms with Crippen molar-refractivity contribution in [1.29, 1.82) is 0 Å². The molecule has 1 amide bonds. The molecule has 1 aromatic carbocycles. The molecule has 2 N–H and O–H groups in total. The molecule has 1 aromatic rings. The van der Waals surface area contributed by atoms with E-state index in [-0.39, 0.29) is 5.91 Å². The molecule has 0 radical (unpaired) electrons. The maximum absolute atomic E-state index is 11.5. The zero-order valence-corrected chi connectivity index (χ0v) is 12.6. The number of halogens is 1. The van der Waals surface area contributed by atoms with Gasteiger partial charge >= 0.3 is 0 Å². The van der Waals surface area contributed by atoms with Gasteiger partial charge in [-0.15, -0.1) is 0 Å². The van der Waals surface area contributed by atoms with Crippen molar-refractivity contribution in [1.82, 2.24) is 10.6 Å². The summed E-state index contributed by atoms with van der Waals surface area (Å²) in [4.78, 5) is 11.5. The topological polar surface area (TPSA) is 50.4 Å². The molecule has 1 aliphatic rings. The fourth-order valence-electron chi connectivity index (χ4n) is 2.26. The third-order valence-corrected chi connectivity index (χ3v) is 3.46. The van der Waals surface area contributed by atoms with Crippen molar-refractivity contribution >= 4 is 17.5 Å². The summed E-state index contributed by atoms with van der Waals surface area (Å²) in [5, 5.41) is 6.87. The molecule has 0 fully saturated rings. The van der Waals surface area contributed by atoms with Crippen LogP contribution < -0.4 is 15.4 Å². The summed E-state index contributed by atoms with van der Waals surface area (Å²) in [6.45, 7) is 4.83. The van der Waals surface area contributed by atoms with Crippen LogP contribution >= 0.6 is 11.6 Å². The third kappa shape index (κ3) is 4.12. The Hall–Kier alpha value is -1.26. The smallest absolute Gasteiger partial charge is 0.221 e. The van der Waals surface area contributed by atoms with Crippen LogP contribution in [0.2, 0.25) is 5.02 Å². The number of fused-ring (bicyclic) bond motifs is 1. The first-order valence-corrected chi connectivity index (χ1v) is 7.50. The monoisotopic (exact) mass is 296 g/mol. The molecule has 20 heavy (non-hydrogen) atoms. The molecule has 2 rings (SSSR count). The molecule has 0 bridgehead atoms. The SMILES string of the molecule is CCCNC(=O)CCNCc1cc(Cl)cc2c1OCC2. The van der Waals surface area contributed by atoms with E-state index in [1.165, 1.54) is 5.56 Å². The highest BCUT2D eigenvalue weighted by atomic mass is 35.5. The van der Waals surface area contributed by atoms with Crippen molar-refractivity contribution in [2.75, 3.05) is 19.7 Å². The molecule has 5 heteroatoms. The van der Waals surface area contributed by atoms with Gasteiger partial charge in [0, 0.05) is 43.1 Å².